The summed E-state index contributed by atoms with van der Waals surface area (Å²) >= 11 is 0. The van der Waals surface area contributed by atoms with Crippen molar-refractivity contribution in [2.75, 3.05) is 0 Å². The lowest BCUT2D eigenvalue weighted by atomic mass is 9.82. The highest BCUT2D eigenvalue weighted by Crippen LogP contribution is 2.49. The molecule has 1 aliphatic carbocycles. The van der Waals surface area contributed by atoms with E-state index in [4.69, 9.17) is 15.0 Å². The predicted molar refractivity (Wildman–Crippen MR) is 185 cm³/mol. The Labute approximate surface area is 264 Å². The summed E-state index contributed by atoms with van der Waals surface area (Å²) in [5, 5.41) is 0. The standard InChI is InChI=1S/C42H31N3/c1-42(2)37-23-12-11-21-34(37)36-27-32(24-25-38(36)42)40-43-39(29-16-7-4-8-17-29)44-41(45-40)35-22-10-9-20-33(35)31-19-13-18-30(26-31)28-14-5-3-6-15-28/h3-27H,1-2H3. The van der Waals surface area contributed by atoms with Crippen molar-refractivity contribution in [1.82, 2.24) is 15.0 Å². The zero-order valence-corrected chi connectivity index (χ0v) is 25.3. The number of nitrogens with zero attached hydrogens (tertiary/aromatic N) is 3. The minimum Gasteiger partial charge on any atom is -0.208 e. The second-order valence-electron chi connectivity index (χ2n) is 12.1. The van der Waals surface area contributed by atoms with Gasteiger partial charge in [0.15, 0.2) is 17.5 Å². The van der Waals surface area contributed by atoms with Crippen molar-refractivity contribution in [1.29, 1.82) is 0 Å². The van der Waals surface area contributed by atoms with Gasteiger partial charge in [-0.2, -0.15) is 0 Å². The average Bonchev–Trinajstić information content (AvgIpc) is 3.34. The van der Waals surface area contributed by atoms with Crippen molar-refractivity contribution in [3.63, 3.8) is 0 Å². The largest absolute Gasteiger partial charge is 0.208 e. The monoisotopic (exact) mass is 577 g/mol. The second-order valence-corrected chi connectivity index (χ2v) is 12.1. The fourth-order valence-corrected chi connectivity index (χ4v) is 6.63. The molecule has 8 rings (SSSR count). The van der Waals surface area contributed by atoms with Crippen molar-refractivity contribution >= 4 is 0 Å². The Morgan fingerprint density at radius 3 is 1.62 bits per heavy atom. The van der Waals surface area contributed by atoms with Crippen LogP contribution in [-0.2, 0) is 5.41 Å². The number of fused-ring (bicyclic) bond motifs is 3. The van der Waals surface area contributed by atoms with Crippen LogP contribution in [0.4, 0.5) is 0 Å². The van der Waals surface area contributed by atoms with E-state index in [0.717, 1.165) is 27.8 Å². The maximum atomic E-state index is 5.16. The number of hydrogen-bond donors (Lipinski definition) is 0. The van der Waals surface area contributed by atoms with Gasteiger partial charge in [-0.1, -0.05) is 153 Å². The van der Waals surface area contributed by atoms with Gasteiger partial charge >= 0.3 is 0 Å². The number of hydrogen-bond acceptors (Lipinski definition) is 3. The van der Waals surface area contributed by atoms with Crippen LogP contribution in [0.3, 0.4) is 0 Å². The third-order valence-electron chi connectivity index (χ3n) is 8.96. The summed E-state index contributed by atoms with van der Waals surface area (Å²) in [4.78, 5) is 15.3. The number of aromatic nitrogens is 3. The van der Waals surface area contributed by atoms with E-state index in [9.17, 15) is 0 Å². The first kappa shape index (κ1) is 26.9. The Bertz CT molecular complexity index is 2180. The second kappa shape index (κ2) is 10.8. The first-order valence-corrected chi connectivity index (χ1v) is 15.4. The fourth-order valence-electron chi connectivity index (χ4n) is 6.63. The van der Waals surface area contributed by atoms with Crippen LogP contribution in [0, 0.1) is 0 Å². The SMILES string of the molecule is CC1(C)c2ccccc2-c2cc(-c3nc(-c4ccccc4)nc(-c4ccccc4-c4cccc(-c5ccccc5)c4)n3)ccc21. The number of rotatable bonds is 5. The van der Waals surface area contributed by atoms with E-state index in [0.29, 0.717) is 17.5 Å². The first-order chi connectivity index (χ1) is 22.1. The molecule has 0 fully saturated rings. The Balaban J connectivity index is 1.30. The minimum atomic E-state index is -0.0584. The van der Waals surface area contributed by atoms with E-state index in [1.165, 1.54) is 33.4 Å². The first-order valence-electron chi connectivity index (χ1n) is 15.4. The van der Waals surface area contributed by atoms with Gasteiger partial charge in [0.2, 0.25) is 0 Å². The third kappa shape index (κ3) is 4.74. The molecule has 0 N–H and O–H groups in total. The minimum absolute atomic E-state index is 0.0584. The molecule has 1 aliphatic rings. The molecule has 0 amide bonds. The van der Waals surface area contributed by atoms with Crippen molar-refractivity contribution in [2.45, 2.75) is 19.3 Å². The van der Waals surface area contributed by atoms with Crippen LogP contribution < -0.4 is 0 Å². The Morgan fingerprint density at radius 2 is 0.867 bits per heavy atom. The zero-order chi connectivity index (χ0) is 30.4. The molecule has 7 aromatic rings. The average molecular weight is 578 g/mol. The van der Waals surface area contributed by atoms with E-state index in [2.05, 4.69) is 141 Å². The van der Waals surface area contributed by atoms with E-state index >= 15 is 0 Å². The molecule has 1 heterocycles. The third-order valence-corrected chi connectivity index (χ3v) is 8.96. The van der Waals surface area contributed by atoms with Crippen LogP contribution >= 0.6 is 0 Å². The Morgan fingerprint density at radius 1 is 0.333 bits per heavy atom. The van der Waals surface area contributed by atoms with Crippen molar-refractivity contribution in [3.8, 4) is 67.5 Å². The molecule has 214 valence electrons. The molecule has 0 atom stereocenters. The summed E-state index contributed by atoms with van der Waals surface area (Å²) in [5.41, 5.74) is 12.6. The van der Waals surface area contributed by atoms with Gasteiger partial charge in [-0.25, -0.2) is 15.0 Å². The van der Waals surface area contributed by atoms with Crippen molar-refractivity contribution in [3.05, 3.63) is 163 Å². The quantitative estimate of drug-likeness (QED) is 0.204. The molecule has 0 saturated carbocycles. The highest BCUT2D eigenvalue weighted by Gasteiger charge is 2.35. The van der Waals surface area contributed by atoms with Crippen molar-refractivity contribution < 1.29 is 0 Å². The van der Waals surface area contributed by atoms with Gasteiger partial charge in [0.05, 0.1) is 0 Å². The Hall–Kier alpha value is -5.67. The maximum Gasteiger partial charge on any atom is 0.164 e. The number of benzene rings is 6. The summed E-state index contributed by atoms with van der Waals surface area (Å²) in [5.74, 6) is 1.97. The molecule has 3 nitrogen and oxygen atoms in total. The van der Waals surface area contributed by atoms with E-state index in [-0.39, 0.29) is 5.41 Å². The van der Waals surface area contributed by atoms with E-state index in [1.54, 1.807) is 0 Å². The molecule has 1 aromatic heterocycles. The lowest BCUT2D eigenvalue weighted by molar-refractivity contribution is 0.660. The normalized spacial score (nSPS) is 12.8. The molecule has 6 aromatic carbocycles. The van der Waals surface area contributed by atoms with Gasteiger partial charge in [-0.3, -0.25) is 0 Å². The highest BCUT2D eigenvalue weighted by molar-refractivity contribution is 5.86. The smallest absolute Gasteiger partial charge is 0.164 e. The van der Waals surface area contributed by atoms with E-state index in [1.807, 2.05) is 24.3 Å². The molecule has 0 spiro atoms. The summed E-state index contributed by atoms with van der Waals surface area (Å²) < 4.78 is 0. The highest BCUT2D eigenvalue weighted by atomic mass is 15.0. The molecular formula is C42H31N3. The summed E-state index contributed by atoms with van der Waals surface area (Å²) in [7, 11) is 0. The Kier molecular flexibility index (Phi) is 6.46. The van der Waals surface area contributed by atoms with Gasteiger partial charge in [0, 0.05) is 22.1 Å². The van der Waals surface area contributed by atoms with Crippen LogP contribution in [0.5, 0.6) is 0 Å². The summed E-state index contributed by atoms with van der Waals surface area (Å²) in [6.07, 6.45) is 0. The van der Waals surface area contributed by atoms with Gasteiger partial charge < -0.3 is 0 Å². The molecule has 0 radical (unpaired) electrons. The van der Waals surface area contributed by atoms with Crippen LogP contribution in [0.2, 0.25) is 0 Å². The van der Waals surface area contributed by atoms with Gasteiger partial charge in [-0.05, 0) is 56.6 Å². The molecule has 0 unspecified atom stereocenters. The molecule has 3 heteroatoms. The molecule has 0 saturated heterocycles. The predicted octanol–water partition coefficient (Wildman–Crippen LogP) is 10.5. The van der Waals surface area contributed by atoms with Crippen LogP contribution in [0.15, 0.2) is 152 Å². The maximum absolute atomic E-state index is 5.16. The summed E-state index contributed by atoms with van der Waals surface area (Å²) in [6, 6.07) is 53.1. The van der Waals surface area contributed by atoms with Gasteiger partial charge in [0.1, 0.15) is 0 Å². The van der Waals surface area contributed by atoms with Crippen LogP contribution in [0.25, 0.3) is 67.5 Å². The molecule has 45 heavy (non-hydrogen) atoms. The molecule has 0 aliphatic heterocycles. The lowest BCUT2D eigenvalue weighted by Gasteiger charge is -2.21. The molecule has 0 bridgehead atoms. The van der Waals surface area contributed by atoms with Gasteiger partial charge in [0.25, 0.3) is 0 Å². The zero-order valence-electron chi connectivity index (χ0n) is 25.3. The topological polar surface area (TPSA) is 38.7 Å². The van der Waals surface area contributed by atoms with E-state index < -0.39 is 0 Å². The summed E-state index contributed by atoms with van der Waals surface area (Å²) in [6.45, 7) is 4.60. The van der Waals surface area contributed by atoms with Gasteiger partial charge in [-0.15, -0.1) is 0 Å². The lowest BCUT2D eigenvalue weighted by Crippen LogP contribution is -2.14. The van der Waals surface area contributed by atoms with Crippen molar-refractivity contribution in [2.24, 2.45) is 0 Å². The fraction of sp³-hybridized carbons (Fsp3) is 0.0714. The van der Waals surface area contributed by atoms with Crippen LogP contribution in [0.1, 0.15) is 25.0 Å². The van der Waals surface area contributed by atoms with Crippen LogP contribution in [-0.4, -0.2) is 15.0 Å². The molecular weight excluding hydrogens is 546 g/mol.